The van der Waals surface area contributed by atoms with Gasteiger partial charge in [0.25, 0.3) is 0 Å². The zero-order chi connectivity index (χ0) is 22.5. The predicted octanol–water partition coefficient (Wildman–Crippen LogP) is 3.83. The zero-order valence-electron chi connectivity index (χ0n) is 18.7. The number of aromatic nitrogens is 3. The minimum atomic E-state index is -0.234. The van der Waals surface area contributed by atoms with Crippen LogP contribution in [-0.2, 0) is 4.79 Å². The van der Waals surface area contributed by atoms with Crippen LogP contribution in [0.2, 0.25) is 0 Å². The quantitative estimate of drug-likeness (QED) is 0.779. The highest BCUT2D eigenvalue weighted by atomic mass is 16.5. The highest BCUT2D eigenvalue weighted by molar-refractivity contribution is 5.99. The number of carbonyl (C=O) groups is 1. The summed E-state index contributed by atoms with van der Waals surface area (Å²) in [5.41, 5.74) is 4.78. The molecule has 2 aliphatic carbocycles. The van der Waals surface area contributed by atoms with Crippen LogP contribution in [0, 0.1) is 22.7 Å². The highest BCUT2D eigenvalue weighted by Gasteiger charge is 2.43. The third-order valence-corrected chi connectivity index (χ3v) is 6.88. The Hall–Kier alpha value is -3.40. The molecule has 164 valence electrons. The van der Waals surface area contributed by atoms with Crippen LogP contribution < -0.4 is 4.74 Å². The number of nitrogens with zero attached hydrogens (tertiary/aromatic N) is 4. The van der Waals surface area contributed by atoms with Gasteiger partial charge in [-0.1, -0.05) is 31.6 Å². The van der Waals surface area contributed by atoms with Crippen molar-refractivity contribution in [2.75, 3.05) is 20.2 Å². The smallest absolute Gasteiger partial charge is 0.335 e. The molecule has 1 aromatic heterocycles. The van der Waals surface area contributed by atoms with Crippen molar-refractivity contribution in [3.63, 3.8) is 0 Å². The average Bonchev–Trinajstić information content (AvgIpc) is 3.49. The van der Waals surface area contributed by atoms with Crippen molar-refractivity contribution in [1.82, 2.24) is 20.1 Å². The fourth-order valence-electron chi connectivity index (χ4n) is 4.78. The fourth-order valence-corrected chi connectivity index (χ4v) is 4.78. The van der Waals surface area contributed by atoms with Gasteiger partial charge in [0.1, 0.15) is 0 Å². The number of hydrogen-bond donors (Lipinski definition) is 1. The van der Waals surface area contributed by atoms with Gasteiger partial charge in [-0.3, -0.25) is 9.89 Å². The van der Waals surface area contributed by atoms with E-state index in [2.05, 4.69) is 35.1 Å². The third-order valence-electron chi connectivity index (χ3n) is 6.88. The van der Waals surface area contributed by atoms with E-state index in [1.807, 2.05) is 35.2 Å². The number of nitrogens with one attached hydrogen (secondary N) is 1. The molecule has 7 nitrogen and oxygen atoms in total. The molecule has 2 fully saturated rings. The molecule has 7 heteroatoms. The lowest BCUT2D eigenvalue weighted by Gasteiger charge is -2.43. The molecule has 3 aliphatic rings. The van der Waals surface area contributed by atoms with Crippen LogP contribution in [0.15, 0.2) is 41.5 Å². The van der Waals surface area contributed by atoms with E-state index in [-0.39, 0.29) is 11.3 Å². The van der Waals surface area contributed by atoms with E-state index in [1.54, 1.807) is 7.11 Å². The summed E-state index contributed by atoms with van der Waals surface area (Å²) in [5.74, 6) is 1.65. The molecule has 1 aliphatic heterocycles. The zero-order valence-corrected chi connectivity index (χ0v) is 18.7. The van der Waals surface area contributed by atoms with E-state index in [4.69, 9.17) is 10.00 Å². The van der Waals surface area contributed by atoms with Crippen LogP contribution in [0.4, 0.5) is 0 Å². The van der Waals surface area contributed by atoms with Gasteiger partial charge in [-0.25, -0.2) is 0 Å². The Labute approximate surface area is 187 Å². The number of likely N-dealkylation sites (tertiary alicyclic amines) is 1. The molecular weight excluding hydrogens is 402 g/mol. The van der Waals surface area contributed by atoms with Gasteiger partial charge in [0.15, 0.2) is 5.82 Å². The SMILES string of the molecule is COc1n[nH]c(C2=C(C3CC3)CC(C)(C)C(C(=O)N3CC(c4ccc(C#N)cc4)C3)=C2)n1. The third kappa shape index (κ3) is 3.60. The van der Waals surface area contributed by atoms with Crippen molar-refractivity contribution < 1.29 is 9.53 Å². The van der Waals surface area contributed by atoms with E-state index in [9.17, 15) is 4.79 Å². The van der Waals surface area contributed by atoms with Gasteiger partial charge in [0.05, 0.1) is 18.7 Å². The lowest BCUT2D eigenvalue weighted by atomic mass is 9.71. The minimum Gasteiger partial charge on any atom is -0.466 e. The molecule has 0 spiro atoms. The second kappa shape index (κ2) is 7.63. The van der Waals surface area contributed by atoms with E-state index in [0.717, 1.165) is 17.6 Å². The summed E-state index contributed by atoms with van der Waals surface area (Å²) in [6.07, 6.45) is 5.26. The fraction of sp³-hybridized carbons (Fsp3) is 0.440. The summed E-state index contributed by atoms with van der Waals surface area (Å²) in [7, 11) is 1.55. The Morgan fingerprint density at radius 1 is 1.22 bits per heavy atom. The first-order chi connectivity index (χ1) is 15.4. The maximum atomic E-state index is 13.5. The first-order valence-electron chi connectivity index (χ1n) is 11.1. The number of H-pyrrole nitrogens is 1. The van der Waals surface area contributed by atoms with Crippen molar-refractivity contribution in [1.29, 1.82) is 5.26 Å². The van der Waals surface area contributed by atoms with Crippen molar-refractivity contribution in [2.24, 2.45) is 11.3 Å². The van der Waals surface area contributed by atoms with Crippen molar-refractivity contribution in [2.45, 2.75) is 39.0 Å². The standard InChI is InChI=1S/C25H27N5O2/c1-25(2)11-20(17-8-9-17)19(22-27-24(32-3)29-28-22)10-21(25)23(31)30-13-18(14-30)16-6-4-15(12-26)5-7-16/h4-7,10,17-18H,8-9,11,13-14H2,1-3H3,(H,27,28,29). The Morgan fingerprint density at radius 3 is 2.53 bits per heavy atom. The molecular formula is C25H27N5O2. The molecule has 1 aromatic carbocycles. The van der Waals surface area contributed by atoms with E-state index in [1.165, 1.54) is 24.0 Å². The molecule has 5 rings (SSSR count). The number of aromatic amines is 1. The van der Waals surface area contributed by atoms with Gasteiger partial charge in [0.2, 0.25) is 5.91 Å². The molecule has 0 radical (unpaired) electrons. The van der Waals surface area contributed by atoms with E-state index < -0.39 is 0 Å². The number of ether oxygens (including phenoxy) is 1. The Kier molecular flexibility index (Phi) is 4.89. The Morgan fingerprint density at radius 2 is 1.94 bits per heavy atom. The van der Waals surface area contributed by atoms with Gasteiger partial charge in [-0.15, -0.1) is 5.10 Å². The number of methoxy groups -OCH3 is 1. The second-order valence-electron chi connectivity index (χ2n) is 9.64. The summed E-state index contributed by atoms with van der Waals surface area (Å²) in [5, 5.41) is 16.1. The first kappa shape index (κ1) is 20.5. The van der Waals surface area contributed by atoms with Gasteiger partial charge in [0, 0.05) is 30.2 Å². The van der Waals surface area contributed by atoms with Crippen LogP contribution >= 0.6 is 0 Å². The Balaban J connectivity index is 1.39. The van der Waals surface area contributed by atoms with Crippen LogP contribution in [0.25, 0.3) is 5.57 Å². The average molecular weight is 430 g/mol. The summed E-state index contributed by atoms with van der Waals surface area (Å²) < 4.78 is 5.16. The van der Waals surface area contributed by atoms with Crippen molar-refractivity contribution in [3.8, 4) is 12.1 Å². The van der Waals surface area contributed by atoms with Crippen LogP contribution in [0.5, 0.6) is 6.01 Å². The molecule has 1 amide bonds. The number of amides is 1. The van der Waals surface area contributed by atoms with Gasteiger partial charge >= 0.3 is 6.01 Å². The molecule has 2 aromatic rings. The summed E-state index contributed by atoms with van der Waals surface area (Å²) >= 11 is 0. The summed E-state index contributed by atoms with van der Waals surface area (Å²) in [4.78, 5) is 19.9. The normalized spacial score (nSPS) is 20.4. The number of carbonyl (C=O) groups excluding carboxylic acids is 1. The first-order valence-corrected chi connectivity index (χ1v) is 11.1. The summed E-state index contributed by atoms with van der Waals surface area (Å²) in [6, 6.07) is 10.1. The molecule has 0 bridgehead atoms. The molecule has 1 saturated heterocycles. The molecule has 0 unspecified atom stereocenters. The number of hydrogen-bond acceptors (Lipinski definition) is 5. The molecule has 2 heterocycles. The lowest BCUT2D eigenvalue weighted by molar-refractivity contribution is -0.132. The number of rotatable bonds is 5. The van der Waals surface area contributed by atoms with Crippen molar-refractivity contribution >= 4 is 11.5 Å². The Bertz CT molecular complexity index is 1160. The molecule has 1 N–H and O–H groups in total. The molecule has 1 saturated carbocycles. The molecule has 32 heavy (non-hydrogen) atoms. The monoisotopic (exact) mass is 429 g/mol. The van der Waals surface area contributed by atoms with Gasteiger partial charge in [-0.2, -0.15) is 10.2 Å². The largest absolute Gasteiger partial charge is 0.466 e. The van der Waals surface area contributed by atoms with E-state index in [0.29, 0.717) is 42.3 Å². The van der Waals surface area contributed by atoms with Gasteiger partial charge in [-0.05, 0) is 54.4 Å². The predicted molar refractivity (Wildman–Crippen MR) is 120 cm³/mol. The summed E-state index contributed by atoms with van der Waals surface area (Å²) in [6.45, 7) is 5.72. The van der Waals surface area contributed by atoms with Crippen LogP contribution in [-0.4, -0.2) is 46.2 Å². The molecule has 0 atom stereocenters. The van der Waals surface area contributed by atoms with Crippen molar-refractivity contribution in [3.05, 3.63) is 58.4 Å². The van der Waals surface area contributed by atoms with Gasteiger partial charge < -0.3 is 9.64 Å². The highest BCUT2D eigenvalue weighted by Crippen LogP contribution is 2.51. The number of allylic oxidation sites excluding steroid dienone is 3. The second-order valence-corrected chi connectivity index (χ2v) is 9.64. The lowest BCUT2D eigenvalue weighted by Crippen LogP contribution is -2.50. The topological polar surface area (TPSA) is 94.9 Å². The number of benzene rings is 1. The minimum absolute atomic E-state index is 0.0960. The van der Waals surface area contributed by atoms with E-state index >= 15 is 0 Å². The maximum absolute atomic E-state index is 13.5. The maximum Gasteiger partial charge on any atom is 0.335 e. The van der Waals surface area contributed by atoms with Crippen LogP contribution in [0.3, 0.4) is 0 Å². The van der Waals surface area contributed by atoms with Crippen LogP contribution in [0.1, 0.15) is 56.0 Å². The number of nitriles is 1.